The Labute approximate surface area is 170 Å². The molecule has 0 aliphatic carbocycles. The van der Waals surface area contributed by atoms with Gasteiger partial charge in [0, 0.05) is 32.7 Å². The van der Waals surface area contributed by atoms with Crippen molar-refractivity contribution >= 4 is 16.7 Å². The third-order valence-electron chi connectivity index (χ3n) is 5.74. The number of carbonyl (C=O) groups excluding carboxylic acids is 1. The average molecular weight is 388 g/mol. The highest BCUT2D eigenvalue weighted by Gasteiger charge is 2.32. The highest BCUT2D eigenvalue weighted by atomic mass is 16.6. The molecule has 2 heterocycles. The van der Waals surface area contributed by atoms with Crippen LogP contribution in [0.3, 0.4) is 0 Å². The summed E-state index contributed by atoms with van der Waals surface area (Å²) in [5.74, 6) is 1.37. The molecule has 5 heteroatoms. The van der Waals surface area contributed by atoms with E-state index in [2.05, 4.69) is 47.4 Å². The molecule has 0 spiro atoms. The van der Waals surface area contributed by atoms with E-state index >= 15 is 0 Å². The van der Waals surface area contributed by atoms with Crippen LogP contribution >= 0.6 is 0 Å². The lowest BCUT2D eigenvalue weighted by Gasteiger charge is -2.37. The van der Waals surface area contributed by atoms with E-state index in [1.165, 1.54) is 16.3 Å². The molecule has 0 radical (unpaired) electrons. The number of ether oxygens (including phenoxy) is 2. The van der Waals surface area contributed by atoms with E-state index in [0.717, 1.165) is 19.6 Å². The molecule has 1 atom stereocenters. The van der Waals surface area contributed by atoms with Gasteiger partial charge in [-0.15, -0.1) is 0 Å². The van der Waals surface area contributed by atoms with Crippen molar-refractivity contribution in [2.75, 3.05) is 32.8 Å². The van der Waals surface area contributed by atoms with E-state index in [-0.39, 0.29) is 12.5 Å². The smallest absolute Gasteiger partial charge is 0.267 e. The minimum absolute atomic E-state index is 0.0179. The summed E-state index contributed by atoms with van der Waals surface area (Å²) in [6.07, 6.45) is -0.561. The van der Waals surface area contributed by atoms with Crippen molar-refractivity contribution in [3.05, 3.63) is 72.3 Å². The van der Waals surface area contributed by atoms with Crippen molar-refractivity contribution in [1.82, 2.24) is 9.80 Å². The number of fused-ring (bicyclic) bond motifs is 2. The van der Waals surface area contributed by atoms with E-state index < -0.39 is 6.10 Å². The number of benzene rings is 3. The normalized spacial score (nSPS) is 19.3. The molecular formula is C24H24N2O3. The number of hydrogen-bond acceptors (Lipinski definition) is 4. The van der Waals surface area contributed by atoms with Crippen LogP contribution in [0, 0.1) is 0 Å². The third-order valence-corrected chi connectivity index (χ3v) is 5.74. The van der Waals surface area contributed by atoms with Gasteiger partial charge in [0.1, 0.15) is 6.61 Å². The fourth-order valence-corrected chi connectivity index (χ4v) is 4.14. The minimum atomic E-state index is -0.561. The molecule has 1 amide bonds. The predicted octanol–water partition coefficient (Wildman–Crippen LogP) is 3.32. The van der Waals surface area contributed by atoms with Crippen molar-refractivity contribution in [3.63, 3.8) is 0 Å². The fraction of sp³-hybridized carbons (Fsp3) is 0.292. The zero-order valence-electron chi connectivity index (χ0n) is 16.3. The standard InChI is InChI=1S/C24H24N2O3/c27-24(23-17-28-21-10-3-4-11-22(21)29-23)26-14-12-25(13-15-26)16-19-8-5-7-18-6-1-2-9-20(18)19/h1-11,23H,12-17H2/t23-/m0/s1. The van der Waals surface area contributed by atoms with Gasteiger partial charge in [0.05, 0.1) is 0 Å². The van der Waals surface area contributed by atoms with Gasteiger partial charge < -0.3 is 14.4 Å². The molecule has 2 aliphatic heterocycles. The number of para-hydroxylation sites is 2. The van der Waals surface area contributed by atoms with Crippen molar-refractivity contribution in [3.8, 4) is 11.5 Å². The highest BCUT2D eigenvalue weighted by molar-refractivity contribution is 5.85. The summed E-state index contributed by atoms with van der Waals surface area (Å²) >= 11 is 0. The van der Waals surface area contributed by atoms with Gasteiger partial charge in [-0.3, -0.25) is 9.69 Å². The molecular weight excluding hydrogens is 364 g/mol. The summed E-state index contributed by atoms with van der Waals surface area (Å²) in [7, 11) is 0. The van der Waals surface area contributed by atoms with E-state index in [0.29, 0.717) is 24.6 Å². The van der Waals surface area contributed by atoms with Crippen molar-refractivity contribution < 1.29 is 14.3 Å². The number of amides is 1. The van der Waals surface area contributed by atoms with Crippen LogP contribution in [-0.4, -0.2) is 54.6 Å². The van der Waals surface area contributed by atoms with Gasteiger partial charge in [-0.05, 0) is 28.5 Å². The van der Waals surface area contributed by atoms with Crippen molar-refractivity contribution in [2.45, 2.75) is 12.6 Å². The van der Waals surface area contributed by atoms with Crippen LogP contribution in [0.15, 0.2) is 66.7 Å². The molecule has 0 bridgehead atoms. The molecule has 5 rings (SSSR count). The number of nitrogens with zero attached hydrogens (tertiary/aromatic N) is 2. The summed E-state index contributed by atoms with van der Waals surface area (Å²) in [5, 5.41) is 2.58. The average Bonchev–Trinajstić information content (AvgIpc) is 2.79. The summed E-state index contributed by atoms with van der Waals surface area (Å²) in [6.45, 7) is 4.32. The Hall–Kier alpha value is -3.05. The first kappa shape index (κ1) is 18.0. The molecule has 29 heavy (non-hydrogen) atoms. The zero-order valence-corrected chi connectivity index (χ0v) is 16.3. The van der Waals surface area contributed by atoms with Crippen molar-refractivity contribution in [2.24, 2.45) is 0 Å². The van der Waals surface area contributed by atoms with Gasteiger partial charge >= 0.3 is 0 Å². The molecule has 148 valence electrons. The lowest BCUT2D eigenvalue weighted by atomic mass is 10.0. The number of piperazine rings is 1. The summed E-state index contributed by atoms with van der Waals surface area (Å²) in [6, 6.07) is 22.5. The maximum Gasteiger partial charge on any atom is 0.267 e. The Morgan fingerprint density at radius 3 is 2.45 bits per heavy atom. The second kappa shape index (κ2) is 7.76. The molecule has 1 saturated heterocycles. The largest absolute Gasteiger partial charge is 0.485 e. The number of carbonyl (C=O) groups is 1. The van der Waals surface area contributed by atoms with Crippen LogP contribution < -0.4 is 9.47 Å². The molecule has 1 fully saturated rings. The molecule has 0 aromatic heterocycles. The minimum Gasteiger partial charge on any atom is -0.485 e. The first-order chi connectivity index (χ1) is 14.3. The van der Waals surface area contributed by atoms with E-state index in [1.807, 2.05) is 29.2 Å². The second-order valence-corrected chi connectivity index (χ2v) is 7.60. The molecule has 3 aromatic carbocycles. The second-order valence-electron chi connectivity index (χ2n) is 7.60. The van der Waals surface area contributed by atoms with Gasteiger partial charge in [-0.25, -0.2) is 0 Å². The Bertz CT molecular complexity index is 1020. The molecule has 0 saturated carbocycles. The summed E-state index contributed by atoms with van der Waals surface area (Å²) < 4.78 is 11.6. The predicted molar refractivity (Wildman–Crippen MR) is 112 cm³/mol. The van der Waals surface area contributed by atoms with Crippen LogP contribution in [0.4, 0.5) is 0 Å². The third kappa shape index (κ3) is 3.66. The van der Waals surface area contributed by atoms with Gasteiger partial charge in [0.15, 0.2) is 11.5 Å². The van der Waals surface area contributed by atoms with Gasteiger partial charge in [0.2, 0.25) is 6.10 Å². The van der Waals surface area contributed by atoms with E-state index in [9.17, 15) is 4.79 Å². The lowest BCUT2D eigenvalue weighted by Crippen LogP contribution is -2.53. The van der Waals surface area contributed by atoms with Crippen LogP contribution in [0.25, 0.3) is 10.8 Å². The quantitative estimate of drug-likeness (QED) is 0.690. The zero-order chi connectivity index (χ0) is 19.6. The number of rotatable bonds is 3. The van der Waals surface area contributed by atoms with Gasteiger partial charge in [-0.1, -0.05) is 54.6 Å². The van der Waals surface area contributed by atoms with Crippen LogP contribution in [0.1, 0.15) is 5.56 Å². The maximum absolute atomic E-state index is 12.9. The number of hydrogen-bond donors (Lipinski definition) is 0. The molecule has 3 aromatic rings. The van der Waals surface area contributed by atoms with Crippen LogP contribution in [-0.2, 0) is 11.3 Å². The first-order valence-electron chi connectivity index (χ1n) is 10.1. The Balaban J connectivity index is 1.20. The molecule has 2 aliphatic rings. The van der Waals surface area contributed by atoms with E-state index in [1.54, 1.807) is 0 Å². The molecule has 5 nitrogen and oxygen atoms in total. The lowest BCUT2D eigenvalue weighted by molar-refractivity contribution is -0.143. The van der Waals surface area contributed by atoms with Crippen LogP contribution in [0.2, 0.25) is 0 Å². The summed E-state index contributed by atoms with van der Waals surface area (Å²) in [4.78, 5) is 17.2. The summed E-state index contributed by atoms with van der Waals surface area (Å²) in [5.41, 5.74) is 1.34. The fourth-order valence-electron chi connectivity index (χ4n) is 4.14. The molecule has 0 unspecified atom stereocenters. The monoisotopic (exact) mass is 388 g/mol. The maximum atomic E-state index is 12.9. The first-order valence-corrected chi connectivity index (χ1v) is 10.1. The SMILES string of the molecule is O=C([C@@H]1COc2ccccc2O1)N1CCN(Cc2cccc3ccccc23)CC1. The Morgan fingerprint density at radius 2 is 1.59 bits per heavy atom. The van der Waals surface area contributed by atoms with E-state index in [4.69, 9.17) is 9.47 Å². The van der Waals surface area contributed by atoms with Crippen LogP contribution in [0.5, 0.6) is 11.5 Å². The highest BCUT2D eigenvalue weighted by Crippen LogP contribution is 2.31. The van der Waals surface area contributed by atoms with Gasteiger partial charge in [-0.2, -0.15) is 0 Å². The Morgan fingerprint density at radius 1 is 0.862 bits per heavy atom. The van der Waals surface area contributed by atoms with Gasteiger partial charge in [0.25, 0.3) is 5.91 Å². The topological polar surface area (TPSA) is 42.0 Å². The Kier molecular flexibility index (Phi) is 4.82. The molecule has 0 N–H and O–H groups in total. The van der Waals surface area contributed by atoms with Crippen molar-refractivity contribution in [1.29, 1.82) is 0 Å².